The van der Waals surface area contributed by atoms with Crippen molar-refractivity contribution in [3.63, 3.8) is 0 Å². The first-order valence-electron chi connectivity index (χ1n) is 11.1. The van der Waals surface area contributed by atoms with Gasteiger partial charge in [0.2, 0.25) is 10.0 Å². The molecule has 0 amide bonds. The molecule has 3 aromatic heterocycles. The zero-order valence-electron chi connectivity index (χ0n) is 19.5. The number of sulfonamides is 1. The number of hydrogen-bond donors (Lipinski definition) is 2. The Kier molecular flexibility index (Phi) is 6.42. The Morgan fingerprint density at radius 1 is 1.08 bits per heavy atom. The van der Waals surface area contributed by atoms with Crippen molar-refractivity contribution in [1.29, 1.82) is 0 Å². The highest BCUT2D eigenvalue weighted by atomic mass is 35.5. The molecule has 0 saturated carbocycles. The second kappa shape index (κ2) is 9.53. The molecule has 0 unspecified atom stereocenters. The molecule has 4 heterocycles. The molecule has 1 aromatic carbocycles. The maximum Gasteiger partial charge on any atom is 0.229 e. The molecular weight excluding hydrogens is 516 g/mol. The number of hydrogen-bond acceptors (Lipinski definition) is 5. The summed E-state index contributed by atoms with van der Waals surface area (Å²) in [5.41, 5.74) is 3.91. The summed E-state index contributed by atoms with van der Waals surface area (Å²) >= 11 is 11.9. The van der Waals surface area contributed by atoms with Gasteiger partial charge in [0.25, 0.3) is 0 Å². The predicted molar refractivity (Wildman–Crippen MR) is 146 cm³/mol. The second-order valence-corrected chi connectivity index (χ2v) is 11.1. The lowest BCUT2D eigenvalue weighted by Crippen LogP contribution is -2.30. The number of aryl methyl sites for hydroxylation is 1. The standard InChI is InChI=1S/C25H23ClN6O2S2/c1-16-14-18(9-10-19(16)30-36(2,33)34)32-24(23(29-25(32)35)20-6-3-4-12-27-20)21-7-5-13-31(21)22-11-8-17(26)15-28-22/h3-15,23-24,30H,1-2H3,(H,29,35)/t23-,24-/m0/s1. The summed E-state index contributed by atoms with van der Waals surface area (Å²) in [6, 6.07) is 18.5. The van der Waals surface area contributed by atoms with Crippen LogP contribution in [0.4, 0.5) is 11.4 Å². The average Bonchev–Trinajstić information content (AvgIpc) is 3.45. The van der Waals surface area contributed by atoms with Crippen molar-refractivity contribution >= 4 is 50.3 Å². The number of thiocarbonyl (C=S) groups is 1. The van der Waals surface area contributed by atoms with E-state index in [0.29, 0.717) is 15.8 Å². The number of anilines is 2. The molecule has 1 aliphatic rings. The first kappa shape index (κ1) is 24.2. The lowest BCUT2D eigenvalue weighted by Gasteiger charge is -2.29. The zero-order valence-corrected chi connectivity index (χ0v) is 21.8. The van der Waals surface area contributed by atoms with E-state index in [2.05, 4.69) is 20.0 Å². The summed E-state index contributed by atoms with van der Waals surface area (Å²) < 4.78 is 28.1. The highest BCUT2D eigenvalue weighted by Crippen LogP contribution is 2.42. The maximum absolute atomic E-state index is 11.8. The van der Waals surface area contributed by atoms with Crippen LogP contribution in [-0.2, 0) is 10.0 Å². The van der Waals surface area contributed by atoms with Gasteiger partial charge in [0.1, 0.15) is 11.9 Å². The number of rotatable bonds is 6. The van der Waals surface area contributed by atoms with Gasteiger partial charge in [-0.15, -0.1) is 0 Å². The van der Waals surface area contributed by atoms with Crippen molar-refractivity contribution in [2.24, 2.45) is 0 Å². The van der Waals surface area contributed by atoms with Crippen molar-refractivity contribution in [1.82, 2.24) is 19.9 Å². The SMILES string of the molecule is Cc1cc(N2C(=S)N[C@@H](c3ccccn3)[C@@H]2c2cccn2-c2ccc(Cl)cn2)ccc1NS(C)(=O)=O. The number of benzene rings is 1. The number of nitrogens with zero attached hydrogens (tertiary/aromatic N) is 4. The van der Waals surface area contributed by atoms with E-state index in [4.69, 9.17) is 23.8 Å². The maximum atomic E-state index is 11.8. The largest absolute Gasteiger partial charge is 0.351 e. The Morgan fingerprint density at radius 3 is 2.58 bits per heavy atom. The first-order valence-corrected chi connectivity index (χ1v) is 13.8. The van der Waals surface area contributed by atoms with E-state index in [1.165, 1.54) is 0 Å². The third kappa shape index (κ3) is 4.79. The summed E-state index contributed by atoms with van der Waals surface area (Å²) in [5, 5.41) is 4.54. The third-order valence-corrected chi connectivity index (χ3v) is 7.05. The molecule has 8 nitrogen and oxygen atoms in total. The molecule has 0 radical (unpaired) electrons. The summed E-state index contributed by atoms with van der Waals surface area (Å²) in [7, 11) is -3.40. The third-order valence-electron chi connectivity index (χ3n) is 5.92. The van der Waals surface area contributed by atoms with Gasteiger partial charge in [0, 0.05) is 30.0 Å². The minimum absolute atomic E-state index is 0.242. The second-order valence-electron chi connectivity index (χ2n) is 8.51. The number of pyridine rings is 2. The normalized spacial score (nSPS) is 17.8. The molecule has 0 spiro atoms. The first-order chi connectivity index (χ1) is 17.2. The molecule has 11 heteroatoms. The fraction of sp³-hybridized carbons (Fsp3) is 0.160. The lowest BCUT2D eigenvalue weighted by molar-refractivity contribution is 0.548. The van der Waals surface area contributed by atoms with Crippen molar-refractivity contribution in [3.8, 4) is 5.82 Å². The summed E-state index contributed by atoms with van der Waals surface area (Å²) in [4.78, 5) is 11.1. The molecule has 2 atom stereocenters. The molecule has 1 fully saturated rings. The van der Waals surface area contributed by atoms with E-state index in [-0.39, 0.29) is 12.1 Å². The van der Waals surface area contributed by atoms with E-state index in [1.54, 1.807) is 24.5 Å². The highest BCUT2D eigenvalue weighted by Gasteiger charge is 2.42. The Hall–Kier alpha value is -3.47. The van der Waals surface area contributed by atoms with Gasteiger partial charge in [0.05, 0.1) is 28.7 Å². The fourth-order valence-electron chi connectivity index (χ4n) is 4.40. The number of nitrogens with one attached hydrogen (secondary N) is 2. The van der Waals surface area contributed by atoms with Crippen LogP contribution in [0.2, 0.25) is 5.02 Å². The summed E-state index contributed by atoms with van der Waals surface area (Å²) in [5.74, 6) is 0.723. The fourth-order valence-corrected chi connectivity index (χ4v) is 5.49. The monoisotopic (exact) mass is 538 g/mol. The molecule has 2 N–H and O–H groups in total. The van der Waals surface area contributed by atoms with E-state index >= 15 is 0 Å². The van der Waals surface area contributed by atoms with Gasteiger partial charge < -0.3 is 14.8 Å². The van der Waals surface area contributed by atoms with Crippen molar-refractivity contribution in [3.05, 3.63) is 101 Å². The molecule has 184 valence electrons. The van der Waals surface area contributed by atoms with Gasteiger partial charge >= 0.3 is 0 Å². The van der Waals surface area contributed by atoms with Crippen LogP contribution < -0.4 is 14.9 Å². The van der Waals surface area contributed by atoms with Gasteiger partial charge in [-0.1, -0.05) is 17.7 Å². The van der Waals surface area contributed by atoms with Gasteiger partial charge in [-0.3, -0.25) is 9.71 Å². The molecule has 4 aromatic rings. The van der Waals surface area contributed by atoms with E-state index in [0.717, 1.165) is 34.7 Å². The van der Waals surface area contributed by atoms with E-state index < -0.39 is 10.0 Å². The minimum atomic E-state index is -3.40. The van der Waals surface area contributed by atoms with E-state index in [1.807, 2.05) is 71.1 Å². The smallest absolute Gasteiger partial charge is 0.229 e. The highest BCUT2D eigenvalue weighted by molar-refractivity contribution is 7.92. The predicted octanol–water partition coefficient (Wildman–Crippen LogP) is 4.78. The molecule has 5 rings (SSSR count). The molecule has 0 aliphatic carbocycles. The summed E-state index contributed by atoms with van der Waals surface area (Å²) in [6.07, 6.45) is 6.45. The Balaban J connectivity index is 1.63. The quantitative estimate of drug-likeness (QED) is 0.341. The van der Waals surface area contributed by atoms with Gasteiger partial charge in [-0.2, -0.15) is 0 Å². The van der Waals surface area contributed by atoms with Crippen LogP contribution in [0.3, 0.4) is 0 Å². The Morgan fingerprint density at radius 2 is 1.92 bits per heavy atom. The van der Waals surface area contributed by atoms with Crippen LogP contribution in [-0.4, -0.2) is 34.3 Å². The van der Waals surface area contributed by atoms with E-state index in [9.17, 15) is 8.42 Å². The van der Waals surface area contributed by atoms with Gasteiger partial charge in [0.15, 0.2) is 5.11 Å². The van der Waals surface area contributed by atoms with Crippen molar-refractivity contribution in [2.45, 2.75) is 19.0 Å². The van der Waals surface area contributed by atoms with Crippen molar-refractivity contribution in [2.75, 3.05) is 15.9 Å². The molecule has 36 heavy (non-hydrogen) atoms. The van der Waals surface area contributed by atoms with Gasteiger partial charge in [-0.05, 0) is 79.3 Å². The average molecular weight is 539 g/mol. The molecule has 0 bridgehead atoms. The molecule has 1 saturated heterocycles. The van der Waals surface area contributed by atoms with Crippen LogP contribution in [0.1, 0.15) is 29.0 Å². The topological polar surface area (TPSA) is 92.2 Å². The van der Waals surface area contributed by atoms with Crippen LogP contribution in [0, 0.1) is 6.92 Å². The van der Waals surface area contributed by atoms with Crippen molar-refractivity contribution < 1.29 is 8.42 Å². The summed E-state index contributed by atoms with van der Waals surface area (Å²) in [6.45, 7) is 1.86. The Bertz CT molecular complexity index is 1520. The zero-order chi connectivity index (χ0) is 25.4. The number of halogens is 1. The van der Waals surface area contributed by atoms with Crippen LogP contribution in [0.15, 0.2) is 79.3 Å². The molecular formula is C25H23ClN6O2S2. The minimum Gasteiger partial charge on any atom is -0.351 e. The Labute approximate surface area is 220 Å². The van der Waals surface area contributed by atoms with Crippen LogP contribution >= 0.6 is 23.8 Å². The van der Waals surface area contributed by atoms with Gasteiger partial charge in [-0.25, -0.2) is 13.4 Å². The molecule has 1 aliphatic heterocycles. The lowest BCUT2D eigenvalue weighted by atomic mass is 10.0. The number of aromatic nitrogens is 3. The van der Waals surface area contributed by atoms with Crippen LogP contribution in [0.5, 0.6) is 0 Å². The van der Waals surface area contributed by atoms with Crippen LogP contribution in [0.25, 0.3) is 5.82 Å².